The molecule has 2 aromatic rings. The molecule has 7 heteroatoms. The normalized spacial score (nSPS) is 10.4. The van der Waals surface area contributed by atoms with E-state index in [4.69, 9.17) is 0 Å². The minimum Gasteiger partial charge on any atom is -0.293 e. The Morgan fingerprint density at radius 1 is 1.57 bits per heavy atom. The minimum absolute atomic E-state index is 0.0273. The van der Waals surface area contributed by atoms with Crippen LogP contribution in [0.4, 0.5) is 0 Å². The van der Waals surface area contributed by atoms with Gasteiger partial charge in [-0.3, -0.25) is 4.79 Å². The van der Waals surface area contributed by atoms with Gasteiger partial charge in [-0.25, -0.2) is 0 Å². The fourth-order valence-electron chi connectivity index (χ4n) is 1.01. The SMILES string of the molecule is Cn1ncc(CC(=O)c2cnns2)n1. The lowest BCUT2D eigenvalue weighted by Gasteiger charge is -1.90. The van der Waals surface area contributed by atoms with E-state index in [1.165, 1.54) is 11.0 Å². The number of carbonyl (C=O) groups excluding carboxylic acids is 1. The van der Waals surface area contributed by atoms with Gasteiger partial charge in [-0.15, -0.1) is 5.10 Å². The second-order valence-electron chi connectivity index (χ2n) is 2.71. The molecule has 0 N–H and O–H groups in total. The van der Waals surface area contributed by atoms with Crippen molar-refractivity contribution in [1.82, 2.24) is 24.6 Å². The predicted octanol–water partition coefficient (Wildman–Crippen LogP) is 0.0920. The fourth-order valence-corrected chi connectivity index (χ4v) is 1.46. The summed E-state index contributed by atoms with van der Waals surface area (Å²) < 4.78 is 3.62. The first kappa shape index (κ1) is 8.95. The maximum atomic E-state index is 11.5. The van der Waals surface area contributed by atoms with Crippen LogP contribution in [0.25, 0.3) is 0 Å². The highest BCUT2D eigenvalue weighted by Gasteiger charge is 2.11. The number of ketones is 1. The van der Waals surface area contributed by atoms with Crippen LogP contribution in [0.3, 0.4) is 0 Å². The minimum atomic E-state index is -0.0273. The van der Waals surface area contributed by atoms with Gasteiger partial charge in [-0.2, -0.15) is 15.0 Å². The van der Waals surface area contributed by atoms with Crippen LogP contribution >= 0.6 is 11.5 Å². The van der Waals surface area contributed by atoms with Crippen LogP contribution < -0.4 is 0 Å². The third-order valence-electron chi connectivity index (χ3n) is 1.62. The molecule has 0 radical (unpaired) electrons. The van der Waals surface area contributed by atoms with Crippen molar-refractivity contribution in [1.29, 1.82) is 0 Å². The molecule has 14 heavy (non-hydrogen) atoms. The van der Waals surface area contributed by atoms with Crippen molar-refractivity contribution in [3.8, 4) is 0 Å². The topological polar surface area (TPSA) is 73.6 Å². The molecule has 0 saturated heterocycles. The van der Waals surface area contributed by atoms with Gasteiger partial charge in [0, 0.05) is 7.05 Å². The maximum Gasteiger partial charge on any atom is 0.182 e. The standard InChI is InChI=1S/C7H7N5OS/c1-12-9-3-5(10-12)2-6(13)7-4-8-11-14-7/h3-4H,2H2,1H3. The molecule has 0 unspecified atom stereocenters. The number of Topliss-reactive ketones (excluding diaryl/α,β-unsaturated/α-hetero) is 1. The van der Waals surface area contributed by atoms with Crippen molar-refractivity contribution in [3.63, 3.8) is 0 Å². The van der Waals surface area contributed by atoms with Gasteiger partial charge in [-0.1, -0.05) is 4.49 Å². The Morgan fingerprint density at radius 3 is 3.00 bits per heavy atom. The zero-order chi connectivity index (χ0) is 9.97. The van der Waals surface area contributed by atoms with Gasteiger partial charge in [-0.05, 0) is 11.5 Å². The van der Waals surface area contributed by atoms with Gasteiger partial charge in [0.2, 0.25) is 0 Å². The van der Waals surface area contributed by atoms with Gasteiger partial charge in [0.25, 0.3) is 0 Å². The summed E-state index contributed by atoms with van der Waals surface area (Å²) >= 11 is 1.09. The lowest BCUT2D eigenvalue weighted by molar-refractivity contribution is 0.0995. The van der Waals surface area contributed by atoms with E-state index in [1.54, 1.807) is 13.2 Å². The van der Waals surface area contributed by atoms with E-state index >= 15 is 0 Å². The molecule has 0 bridgehead atoms. The summed E-state index contributed by atoms with van der Waals surface area (Å²) in [5, 5.41) is 11.5. The van der Waals surface area contributed by atoms with Crippen molar-refractivity contribution in [2.24, 2.45) is 7.05 Å². The first-order chi connectivity index (χ1) is 6.75. The molecule has 0 fully saturated rings. The summed E-state index contributed by atoms with van der Waals surface area (Å²) in [5.41, 5.74) is 0.658. The van der Waals surface area contributed by atoms with Gasteiger partial charge < -0.3 is 0 Å². The van der Waals surface area contributed by atoms with Crippen molar-refractivity contribution in [3.05, 3.63) is 23.0 Å². The number of nitrogens with zero attached hydrogens (tertiary/aromatic N) is 5. The molecule has 2 heterocycles. The molecular weight excluding hydrogens is 202 g/mol. The van der Waals surface area contributed by atoms with Crippen molar-refractivity contribution in [2.75, 3.05) is 0 Å². The van der Waals surface area contributed by atoms with Crippen LogP contribution in [-0.2, 0) is 13.5 Å². The third kappa shape index (κ3) is 1.82. The smallest absolute Gasteiger partial charge is 0.182 e. The first-order valence-electron chi connectivity index (χ1n) is 3.91. The summed E-state index contributed by atoms with van der Waals surface area (Å²) in [7, 11) is 1.71. The number of rotatable bonds is 3. The average Bonchev–Trinajstić information content (AvgIpc) is 2.75. The Balaban J connectivity index is 2.09. The van der Waals surface area contributed by atoms with Crippen LogP contribution in [0.5, 0.6) is 0 Å². The van der Waals surface area contributed by atoms with Crippen LogP contribution in [0.1, 0.15) is 15.4 Å². The Bertz CT molecular complexity index is 435. The molecule has 0 aromatic carbocycles. The number of hydrogen-bond acceptors (Lipinski definition) is 6. The molecule has 0 saturated carbocycles. The molecule has 72 valence electrons. The van der Waals surface area contributed by atoms with Crippen molar-refractivity contribution in [2.45, 2.75) is 6.42 Å². The second-order valence-corrected chi connectivity index (χ2v) is 3.49. The zero-order valence-corrected chi connectivity index (χ0v) is 8.23. The number of hydrogen-bond donors (Lipinski definition) is 0. The Kier molecular flexibility index (Phi) is 2.32. The third-order valence-corrected chi connectivity index (χ3v) is 2.33. The number of aromatic nitrogens is 5. The highest BCUT2D eigenvalue weighted by Crippen LogP contribution is 2.06. The van der Waals surface area contributed by atoms with Gasteiger partial charge in [0.05, 0.1) is 24.5 Å². The summed E-state index contributed by atoms with van der Waals surface area (Å²) in [4.78, 5) is 13.5. The Hall–Kier alpha value is -1.63. The highest BCUT2D eigenvalue weighted by atomic mass is 32.1. The van der Waals surface area contributed by atoms with E-state index in [9.17, 15) is 4.79 Å². The van der Waals surface area contributed by atoms with E-state index in [0.29, 0.717) is 10.6 Å². The molecular formula is C7H7N5OS. The molecule has 0 aliphatic rings. The fraction of sp³-hybridized carbons (Fsp3) is 0.286. The molecule has 6 nitrogen and oxygen atoms in total. The molecule has 0 spiro atoms. The second kappa shape index (κ2) is 3.62. The summed E-state index contributed by atoms with van der Waals surface area (Å²) in [6, 6.07) is 0. The van der Waals surface area contributed by atoms with E-state index < -0.39 is 0 Å². The van der Waals surface area contributed by atoms with Crippen molar-refractivity contribution < 1.29 is 4.79 Å². The molecule has 2 aromatic heterocycles. The lowest BCUT2D eigenvalue weighted by atomic mass is 10.2. The monoisotopic (exact) mass is 209 g/mol. The van der Waals surface area contributed by atoms with E-state index in [0.717, 1.165) is 11.5 Å². The van der Waals surface area contributed by atoms with Crippen LogP contribution in [0.2, 0.25) is 0 Å². The number of aryl methyl sites for hydroxylation is 1. The largest absolute Gasteiger partial charge is 0.293 e. The van der Waals surface area contributed by atoms with Gasteiger partial charge in [0.15, 0.2) is 5.78 Å². The molecule has 0 aliphatic carbocycles. The zero-order valence-electron chi connectivity index (χ0n) is 7.41. The van der Waals surface area contributed by atoms with E-state index in [2.05, 4.69) is 19.8 Å². The molecule has 2 rings (SSSR count). The quantitative estimate of drug-likeness (QED) is 0.670. The Morgan fingerprint density at radius 2 is 2.43 bits per heavy atom. The lowest BCUT2D eigenvalue weighted by Crippen LogP contribution is -2.02. The Labute approximate surface area is 83.7 Å². The van der Waals surface area contributed by atoms with Gasteiger partial charge in [0.1, 0.15) is 4.88 Å². The first-order valence-corrected chi connectivity index (χ1v) is 4.69. The summed E-state index contributed by atoms with van der Waals surface area (Å²) in [5.74, 6) is -0.0273. The summed E-state index contributed by atoms with van der Waals surface area (Å²) in [6.07, 6.45) is 3.29. The van der Waals surface area contributed by atoms with Crippen LogP contribution in [0, 0.1) is 0 Å². The highest BCUT2D eigenvalue weighted by molar-refractivity contribution is 7.07. The van der Waals surface area contributed by atoms with Crippen LogP contribution in [-0.4, -0.2) is 30.4 Å². The molecule has 0 aliphatic heterocycles. The molecule has 0 atom stereocenters. The van der Waals surface area contributed by atoms with Crippen LogP contribution in [0.15, 0.2) is 12.4 Å². The van der Waals surface area contributed by atoms with Gasteiger partial charge >= 0.3 is 0 Å². The average molecular weight is 209 g/mol. The summed E-state index contributed by atoms with van der Waals surface area (Å²) in [6.45, 7) is 0. The van der Waals surface area contributed by atoms with Crippen molar-refractivity contribution >= 4 is 17.3 Å². The maximum absolute atomic E-state index is 11.5. The number of carbonyl (C=O) groups is 1. The predicted molar refractivity (Wildman–Crippen MR) is 48.9 cm³/mol. The van der Waals surface area contributed by atoms with E-state index in [-0.39, 0.29) is 12.2 Å². The van der Waals surface area contributed by atoms with E-state index in [1.807, 2.05) is 0 Å². The molecule has 0 amide bonds.